The van der Waals surface area contributed by atoms with Crippen LogP contribution >= 0.6 is 34.8 Å². The van der Waals surface area contributed by atoms with Crippen molar-refractivity contribution >= 4 is 52.2 Å². The van der Waals surface area contributed by atoms with Gasteiger partial charge in [-0.3, -0.25) is 9.59 Å². The fourth-order valence-electron chi connectivity index (χ4n) is 3.19. The van der Waals surface area contributed by atoms with Gasteiger partial charge in [0.15, 0.2) is 0 Å². The van der Waals surface area contributed by atoms with E-state index in [2.05, 4.69) is 10.6 Å². The summed E-state index contributed by atoms with van der Waals surface area (Å²) >= 11 is 17.5. The van der Waals surface area contributed by atoms with Crippen LogP contribution in [-0.2, 0) is 17.4 Å². The first-order valence-electron chi connectivity index (χ1n) is 11.0. The van der Waals surface area contributed by atoms with Crippen LogP contribution < -0.4 is 10.6 Å². The SMILES string of the molecule is CC(C)(C)C(=O)NCCNC(=O)c1ccc(C/C=C(\c2cc(Cl)c(Cl)c(Cl)c2)C(F)(F)F)cc1C(F)(F)F. The van der Waals surface area contributed by atoms with E-state index in [0.29, 0.717) is 12.1 Å². The Bertz CT molecular complexity index is 1210. The Balaban J connectivity index is 2.30. The average Bonchev–Trinajstić information content (AvgIpc) is 2.77. The minimum Gasteiger partial charge on any atom is -0.354 e. The second kappa shape index (κ2) is 12.2. The standard InChI is InChI=1S/C25H23Cl3F6N2O2/c1-23(2,3)22(38)36-9-8-35-21(37)15-6-4-13(10-17(15)25(32,33)34)5-7-16(24(29,30)31)14-11-18(26)20(28)19(27)12-14/h4,6-7,10-12H,5,8-9H2,1-3H3,(H,35,37)(H,36,38)/b16-7+. The van der Waals surface area contributed by atoms with Crippen molar-refractivity contribution in [3.63, 3.8) is 0 Å². The van der Waals surface area contributed by atoms with Gasteiger partial charge in [0, 0.05) is 18.5 Å². The minimum atomic E-state index is -4.96. The summed E-state index contributed by atoms with van der Waals surface area (Å²) in [7, 11) is 0. The summed E-state index contributed by atoms with van der Waals surface area (Å²) < 4.78 is 82.3. The van der Waals surface area contributed by atoms with Crippen molar-refractivity contribution in [2.24, 2.45) is 5.41 Å². The predicted molar refractivity (Wildman–Crippen MR) is 135 cm³/mol. The van der Waals surface area contributed by atoms with Crippen LogP contribution in [0.1, 0.15) is 47.8 Å². The summed E-state index contributed by atoms with van der Waals surface area (Å²) in [6.07, 6.45) is -9.69. The van der Waals surface area contributed by atoms with Crippen molar-refractivity contribution in [3.05, 3.63) is 73.7 Å². The topological polar surface area (TPSA) is 58.2 Å². The summed E-state index contributed by atoms with van der Waals surface area (Å²) in [6.45, 7) is 4.87. The molecule has 0 aliphatic carbocycles. The Kier molecular flexibility index (Phi) is 10.2. The molecule has 2 amide bonds. The van der Waals surface area contributed by atoms with E-state index in [1.807, 2.05) is 0 Å². The van der Waals surface area contributed by atoms with Gasteiger partial charge in [0.2, 0.25) is 5.91 Å². The molecule has 2 aromatic rings. The third kappa shape index (κ3) is 8.54. The van der Waals surface area contributed by atoms with Crippen LogP contribution in [0.2, 0.25) is 15.1 Å². The number of alkyl halides is 6. The van der Waals surface area contributed by atoms with Gasteiger partial charge in [-0.05, 0) is 41.8 Å². The monoisotopic (exact) mass is 602 g/mol. The molecule has 208 valence electrons. The highest BCUT2D eigenvalue weighted by Crippen LogP contribution is 2.40. The Morgan fingerprint density at radius 2 is 1.42 bits per heavy atom. The lowest BCUT2D eigenvalue weighted by Crippen LogP contribution is -2.40. The molecule has 0 aliphatic rings. The Morgan fingerprint density at radius 1 is 0.868 bits per heavy atom. The second-order valence-electron chi connectivity index (χ2n) is 9.21. The third-order valence-electron chi connectivity index (χ3n) is 5.15. The summed E-state index contributed by atoms with van der Waals surface area (Å²) in [4.78, 5) is 24.3. The van der Waals surface area contributed by atoms with Gasteiger partial charge in [-0.15, -0.1) is 0 Å². The van der Waals surface area contributed by atoms with E-state index in [9.17, 15) is 35.9 Å². The van der Waals surface area contributed by atoms with Gasteiger partial charge in [0.05, 0.1) is 31.8 Å². The van der Waals surface area contributed by atoms with Gasteiger partial charge in [-0.25, -0.2) is 0 Å². The number of carbonyl (C=O) groups is 2. The number of rotatable bonds is 7. The number of nitrogens with one attached hydrogen (secondary N) is 2. The molecule has 2 N–H and O–H groups in total. The fourth-order valence-corrected chi connectivity index (χ4v) is 3.79. The molecule has 0 bridgehead atoms. The largest absolute Gasteiger partial charge is 0.417 e. The van der Waals surface area contributed by atoms with Gasteiger partial charge in [0.1, 0.15) is 0 Å². The number of amides is 2. The van der Waals surface area contributed by atoms with Crippen LogP contribution in [0, 0.1) is 5.41 Å². The van der Waals surface area contributed by atoms with E-state index in [4.69, 9.17) is 34.8 Å². The molecule has 0 atom stereocenters. The molecule has 0 saturated carbocycles. The molecule has 0 unspecified atom stereocenters. The van der Waals surface area contributed by atoms with Gasteiger partial charge in [0.25, 0.3) is 5.91 Å². The van der Waals surface area contributed by atoms with E-state index in [1.54, 1.807) is 20.8 Å². The minimum absolute atomic E-state index is 0.00891. The van der Waals surface area contributed by atoms with Gasteiger partial charge < -0.3 is 10.6 Å². The van der Waals surface area contributed by atoms with Crippen molar-refractivity contribution in [2.45, 2.75) is 39.5 Å². The molecule has 13 heteroatoms. The molecular formula is C25H23Cl3F6N2O2. The molecule has 0 aliphatic heterocycles. The van der Waals surface area contributed by atoms with Crippen molar-refractivity contribution < 1.29 is 35.9 Å². The van der Waals surface area contributed by atoms with E-state index in [-0.39, 0.29) is 39.6 Å². The number of halogens is 9. The zero-order chi connectivity index (χ0) is 29.1. The van der Waals surface area contributed by atoms with Crippen molar-refractivity contribution in [1.82, 2.24) is 10.6 Å². The lowest BCUT2D eigenvalue weighted by Gasteiger charge is -2.18. The molecule has 0 heterocycles. The maximum atomic E-state index is 13.7. The first kappa shape index (κ1) is 31.8. The van der Waals surface area contributed by atoms with Gasteiger partial charge >= 0.3 is 12.4 Å². The molecule has 2 aromatic carbocycles. The molecule has 0 spiro atoms. The molecular weight excluding hydrogens is 581 g/mol. The van der Waals surface area contributed by atoms with Crippen LogP contribution in [0.4, 0.5) is 26.3 Å². The number of hydrogen-bond acceptors (Lipinski definition) is 2. The van der Waals surface area contributed by atoms with Crippen LogP contribution in [0.15, 0.2) is 36.4 Å². The molecule has 0 saturated heterocycles. The zero-order valence-corrected chi connectivity index (χ0v) is 22.6. The summed E-state index contributed by atoms with van der Waals surface area (Å²) in [5.74, 6) is -1.35. The lowest BCUT2D eigenvalue weighted by atomic mass is 9.96. The number of allylic oxidation sites excluding steroid dienone is 2. The maximum absolute atomic E-state index is 13.7. The molecule has 0 fully saturated rings. The first-order valence-corrected chi connectivity index (χ1v) is 12.1. The van der Waals surface area contributed by atoms with Gasteiger partial charge in [-0.1, -0.05) is 67.7 Å². The zero-order valence-electron chi connectivity index (χ0n) is 20.3. The Labute approximate surface area is 230 Å². The average molecular weight is 604 g/mol. The molecule has 0 aromatic heterocycles. The van der Waals surface area contributed by atoms with E-state index < -0.39 is 52.4 Å². The van der Waals surface area contributed by atoms with Crippen LogP contribution in [0.5, 0.6) is 0 Å². The van der Waals surface area contributed by atoms with Crippen LogP contribution in [0.25, 0.3) is 5.57 Å². The van der Waals surface area contributed by atoms with E-state index in [0.717, 1.165) is 24.3 Å². The maximum Gasteiger partial charge on any atom is 0.417 e. The first-order chi connectivity index (χ1) is 17.3. The Morgan fingerprint density at radius 3 is 1.92 bits per heavy atom. The molecule has 4 nitrogen and oxygen atoms in total. The van der Waals surface area contributed by atoms with Crippen molar-refractivity contribution in [3.8, 4) is 0 Å². The molecule has 0 radical (unpaired) electrons. The predicted octanol–water partition coefficient (Wildman–Crippen LogP) is 7.75. The number of hydrogen-bond donors (Lipinski definition) is 2. The van der Waals surface area contributed by atoms with Crippen LogP contribution in [0.3, 0.4) is 0 Å². The highest BCUT2D eigenvalue weighted by molar-refractivity contribution is 6.48. The number of benzene rings is 2. The van der Waals surface area contributed by atoms with Crippen molar-refractivity contribution in [2.75, 3.05) is 13.1 Å². The van der Waals surface area contributed by atoms with Gasteiger partial charge in [-0.2, -0.15) is 26.3 Å². The van der Waals surface area contributed by atoms with Crippen molar-refractivity contribution in [1.29, 1.82) is 0 Å². The summed E-state index contributed by atoms with van der Waals surface area (Å²) in [5, 5.41) is 4.25. The fraction of sp³-hybridized carbons (Fsp3) is 0.360. The lowest BCUT2D eigenvalue weighted by molar-refractivity contribution is -0.138. The molecule has 38 heavy (non-hydrogen) atoms. The van der Waals surface area contributed by atoms with E-state index in [1.165, 1.54) is 0 Å². The quantitative estimate of drug-likeness (QED) is 0.193. The number of carbonyl (C=O) groups excluding carboxylic acids is 2. The smallest absolute Gasteiger partial charge is 0.354 e. The highest BCUT2D eigenvalue weighted by Gasteiger charge is 2.37. The second-order valence-corrected chi connectivity index (χ2v) is 10.4. The highest BCUT2D eigenvalue weighted by atomic mass is 35.5. The Hall–Kier alpha value is -2.43. The van der Waals surface area contributed by atoms with Crippen LogP contribution in [-0.4, -0.2) is 31.1 Å². The summed E-state index contributed by atoms with van der Waals surface area (Å²) in [6, 6.07) is 4.53. The summed E-state index contributed by atoms with van der Waals surface area (Å²) in [5.41, 5.74) is -4.42. The molecule has 2 rings (SSSR count). The van der Waals surface area contributed by atoms with E-state index >= 15 is 0 Å². The normalized spacial score (nSPS) is 12.9. The third-order valence-corrected chi connectivity index (χ3v) is 6.35.